The number of hydrogen-bond donors (Lipinski definition) is 2. The van der Waals surface area contributed by atoms with Gasteiger partial charge >= 0.3 is 0 Å². The number of rotatable bonds is 6. The van der Waals surface area contributed by atoms with E-state index >= 15 is 0 Å². The summed E-state index contributed by atoms with van der Waals surface area (Å²) in [5, 5.41) is 6.99. The predicted molar refractivity (Wildman–Crippen MR) is 99.1 cm³/mol. The maximum atomic E-state index is 4.33. The second-order valence-corrected chi connectivity index (χ2v) is 5.98. The first-order valence-electron chi connectivity index (χ1n) is 7.79. The Morgan fingerprint density at radius 3 is 2.50 bits per heavy atom. The lowest BCUT2D eigenvalue weighted by molar-refractivity contribution is 0.265. The Labute approximate surface area is 142 Å². The molecule has 120 valence electrons. The molecule has 20 heavy (non-hydrogen) atoms. The lowest BCUT2D eigenvalue weighted by Crippen LogP contribution is -2.47. The van der Waals surface area contributed by atoms with Gasteiger partial charge in [0.25, 0.3) is 0 Å². The van der Waals surface area contributed by atoms with Gasteiger partial charge in [0.2, 0.25) is 0 Å². The van der Waals surface area contributed by atoms with E-state index in [4.69, 9.17) is 0 Å². The number of likely N-dealkylation sites (tertiary alicyclic amines) is 1. The van der Waals surface area contributed by atoms with Crippen LogP contribution in [-0.4, -0.2) is 49.6 Å². The Kier molecular flexibility index (Phi) is 10.6. The molecule has 1 rings (SSSR count). The van der Waals surface area contributed by atoms with Gasteiger partial charge in [-0.05, 0) is 26.2 Å². The topological polar surface area (TPSA) is 39.7 Å². The van der Waals surface area contributed by atoms with E-state index < -0.39 is 0 Å². The van der Waals surface area contributed by atoms with E-state index in [9.17, 15) is 0 Å². The molecule has 4 nitrogen and oxygen atoms in total. The first-order valence-corrected chi connectivity index (χ1v) is 7.79. The number of unbranched alkanes of at least 4 members (excludes halogenated alkanes) is 2. The van der Waals surface area contributed by atoms with Gasteiger partial charge in [0.05, 0.1) is 0 Å². The summed E-state index contributed by atoms with van der Waals surface area (Å²) in [4.78, 5) is 6.86. The van der Waals surface area contributed by atoms with Gasteiger partial charge in [0.15, 0.2) is 5.96 Å². The van der Waals surface area contributed by atoms with Gasteiger partial charge in [0.1, 0.15) is 0 Å². The summed E-state index contributed by atoms with van der Waals surface area (Å²) in [6.45, 7) is 12.4. The maximum Gasteiger partial charge on any atom is 0.191 e. The fraction of sp³-hybridized carbons (Fsp3) is 0.933. The SMILES string of the molecule is CCCCCNC(=NC)NC1CN(C(C)C)CC1C.I. The summed E-state index contributed by atoms with van der Waals surface area (Å²) in [6, 6.07) is 1.15. The molecule has 5 heteroatoms. The molecule has 0 aromatic heterocycles. The van der Waals surface area contributed by atoms with Crippen LogP contribution in [0.3, 0.4) is 0 Å². The van der Waals surface area contributed by atoms with Crippen LogP contribution < -0.4 is 10.6 Å². The highest BCUT2D eigenvalue weighted by atomic mass is 127. The van der Waals surface area contributed by atoms with Crippen LogP contribution in [0.15, 0.2) is 4.99 Å². The zero-order valence-electron chi connectivity index (χ0n) is 13.8. The molecule has 0 aromatic rings. The Morgan fingerprint density at radius 1 is 1.30 bits per heavy atom. The third-order valence-corrected chi connectivity index (χ3v) is 3.99. The van der Waals surface area contributed by atoms with Crippen LogP contribution in [0.1, 0.15) is 47.0 Å². The molecule has 0 radical (unpaired) electrons. The summed E-state index contributed by atoms with van der Waals surface area (Å²) in [5.41, 5.74) is 0. The summed E-state index contributed by atoms with van der Waals surface area (Å²) >= 11 is 0. The molecule has 1 aliphatic rings. The zero-order valence-corrected chi connectivity index (χ0v) is 16.1. The minimum Gasteiger partial charge on any atom is -0.356 e. The van der Waals surface area contributed by atoms with Crippen LogP contribution in [0, 0.1) is 5.92 Å². The average molecular weight is 396 g/mol. The molecule has 0 aliphatic carbocycles. The summed E-state index contributed by atoms with van der Waals surface area (Å²) in [5.74, 6) is 1.63. The molecular weight excluding hydrogens is 363 g/mol. The van der Waals surface area contributed by atoms with Crippen molar-refractivity contribution in [1.29, 1.82) is 0 Å². The first kappa shape index (κ1) is 20.0. The van der Waals surface area contributed by atoms with Gasteiger partial charge < -0.3 is 10.6 Å². The molecule has 0 saturated carbocycles. The highest BCUT2D eigenvalue weighted by Gasteiger charge is 2.31. The van der Waals surface area contributed by atoms with Crippen molar-refractivity contribution in [1.82, 2.24) is 15.5 Å². The minimum atomic E-state index is 0. The van der Waals surface area contributed by atoms with Crippen molar-refractivity contribution in [3.63, 3.8) is 0 Å². The molecule has 1 heterocycles. The van der Waals surface area contributed by atoms with E-state index in [0.717, 1.165) is 19.0 Å². The van der Waals surface area contributed by atoms with E-state index in [1.54, 1.807) is 0 Å². The second kappa shape index (κ2) is 10.7. The Morgan fingerprint density at radius 2 is 2.00 bits per heavy atom. The predicted octanol–water partition coefficient (Wildman–Crippen LogP) is 2.69. The van der Waals surface area contributed by atoms with Crippen LogP contribution in [-0.2, 0) is 0 Å². The third kappa shape index (κ3) is 6.61. The van der Waals surface area contributed by atoms with Gasteiger partial charge in [-0.2, -0.15) is 0 Å². The highest BCUT2D eigenvalue weighted by Crippen LogP contribution is 2.18. The van der Waals surface area contributed by atoms with Crippen molar-refractivity contribution in [2.45, 2.75) is 59.0 Å². The first-order chi connectivity index (χ1) is 9.08. The Bertz CT molecular complexity index is 281. The maximum absolute atomic E-state index is 4.33. The van der Waals surface area contributed by atoms with Gasteiger partial charge in [0, 0.05) is 38.8 Å². The molecule has 1 fully saturated rings. The largest absolute Gasteiger partial charge is 0.356 e. The van der Waals surface area contributed by atoms with Gasteiger partial charge in [-0.3, -0.25) is 9.89 Å². The number of halogens is 1. The van der Waals surface area contributed by atoms with E-state index in [2.05, 4.69) is 48.2 Å². The lowest BCUT2D eigenvalue weighted by atomic mass is 10.1. The third-order valence-electron chi connectivity index (χ3n) is 3.99. The van der Waals surface area contributed by atoms with E-state index in [0.29, 0.717) is 18.0 Å². The highest BCUT2D eigenvalue weighted by molar-refractivity contribution is 14.0. The van der Waals surface area contributed by atoms with Crippen molar-refractivity contribution in [3.8, 4) is 0 Å². The normalized spacial score (nSPS) is 23.8. The molecular formula is C15H33IN4. The van der Waals surface area contributed by atoms with Crippen LogP contribution >= 0.6 is 24.0 Å². The van der Waals surface area contributed by atoms with Crippen molar-refractivity contribution in [2.75, 3.05) is 26.7 Å². The van der Waals surface area contributed by atoms with Crippen LogP contribution in [0.2, 0.25) is 0 Å². The monoisotopic (exact) mass is 396 g/mol. The van der Waals surface area contributed by atoms with Crippen LogP contribution in [0.25, 0.3) is 0 Å². The smallest absolute Gasteiger partial charge is 0.191 e. The minimum absolute atomic E-state index is 0. The molecule has 0 spiro atoms. The van der Waals surface area contributed by atoms with Gasteiger partial charge in [-0.15, -0.1) is 24.0 Å². The zero-order chi connectivity index (χ0) is 14.3. The van der Waals surface area contributed by atoms with E-state index in [1.807, 2.05) is 7.05 Å². The molecule has 2 N–H and O–H groups in total. The van der Waals surface area contributed by atoms with Crippen molar-refractivity contribution in [3.05, 3.63) is 0 Å². The molecule has 0 bridgehead atoms. The van der Waals surface area contributed by atoms with Crippen molar-refractivity contribution >= 4 is 29.9 Å². The molecule has 2 atom stereocenters. The molecule has 0 aromatic carbocycles. The van der Waals surface area contributed by atoms with Gasteiger partial charge in [-0.1, -0.05) is 26.7 Å². The number of guanidine groups is 1. The number of nitrogens with zero attached hydrogens (tertiary/aromatic N) is 2. The average Bonchev–Trinajstić information content (AvgIpc) is 2.75. The molecule has 0 amide bonds. The van der Waals surface area contributed by atoms with Crippen LogP contribution in [0.4, 0.5) is 0 Å². The Hall–Kier alpha value is -0.0400. The van der Waals surface area contributed by atoms with Crippen LogP contribution in [0.5, 0.6) is 0 Å². The quantitative estimate of drug-likeness (QED) is 0.314. The molecule has 1 saturated heterocycles. The summed E-state index contributed by atoms with van der Waals surface area (Å²) in [6.07, 6.45) is 3.76. The number of nitrogens with one attached hydrogen (secondary N) is 2. The lowest BCUT2D eigenvalue weighted by Gasteiger charge is -2.21. The van der Waals surface area contributed by atoms with E-state index in [-0.39, 0.29) is 24.0 Å². The number of hydrogen-bond acceptors (Lipinski definition) is 2. The number of aliphatic imine (C=N–C) groups is 1. The van der Waals surface area contributed by atoms with Crippen molar-refractivity contribution in [2.24, 2.45) is 10.9 Å². The second-order valence-electron chi connectivity index (χ2n) is 5.98. The Balaban J connectivity index is 0.00000361. The van der Waals surface area contributed by atoms with E-state index in [1.165, 1.54) is 25.8 Å². The fourth-order valence-corrected chi connectivity index (χ4v) is 2.57. The van der Waals surface area contributed by atoms with Gasteiger partial charge in [-0.25, -0.2) is 0 Å². The molecule has 2 unspecified atom stereocenters. The summed E-state index contributed by atoms with van der Waals surface area (Å²) < 4.78 is 0. The standard InChI is InChI=1S/C15H32N4.HI/c1-6-7-8-9-17-15(16-5)18-14-11-19(12(2)3)10-13(14)4;/h12-14H,6-11H2,1-5H3,(H2,16,17,18);1H. The summed E-state index contributed by atoms with van der Waals surface area (Å²) in [7, 11) is 1.86. The molecule has 1 aliphatic heterocycles. The fourth-order valence-electron chi connectivity index (χ4n) is 2.57. The van der Waals surface area contributed by atoms with Crippen molar-refractivity contribution < 1.29 is 0 Å².